The smallest absolute Gasteiger partial charge is 0.335 e. The lowest BCUT2D eigenvalue weighted by atomic mass is 10.1. The van der Waals surface area contributed by atoms with Gasteiger partial charge in [-0.1, -0.05) is 42.5 Å². The number of benzene rings is 2. The molecule has 180 valence electrons. The summed E-state index contributed by atoms with van der Waals surface area (Å²) in [6.07, 6.45) is -4.68. The number of hydrogen-bond donors (Lipinski definition) is 0. The largest absolute Gasteiger partial charge is 0.433 e. The molecule has 1 fully saturated rings. The quantitative estimate of drug-likeness (QED) is 0.401. The maximum absolute atomic E-state index is 13.8. The van der Waals surface area contributed by atoms with Gasteiger partial charge >= 0.3 is 6.18 Å². The van der Waals surface area contributed by atoms with E-state index in [9.17, 15) is 22.4 Å². The molecule has 0 bridgehead atoms. The Balaban J connectivity index is 1.37. The van der Waals surface area contributed by atoms with E-state index in [1.807, 2.05) is 6.07 Å². The topological polar surface area (TPSA) is 53.7 Å². The maximum atomic E-state index is 13.8. The second-order valence-corrected chi connectivity index (χ2v) is 8.39. The molecular weight excluding hydrogens is 462 g/mol. The molecule has 1 amide bonds. The summed E-state index contributed by atoms with van der Waals surface area (Å²) in [4.78, 5) is 21.1. The predicted molar refractivity (Wildman–Crippen MR) is 121 cm³/mol. The van der Waals surface area contributed by atoms with Gasteiger partial charge in [-0.25, -0.2) is 13.9 Å². The Labute approximate surface area is 198 Å². The summed E-state index contributed by atoms with van der Waals surface area (Å²) in [6.45, 7) is 2.43. The van der Waals surface area contributed by atoms with Crippen molar-refractivity contribution in [2.45, 2.75) is 12.7 Å². The molecule has 0 aliphatic carbocycles. The number of fused-ring (bicyclic) bond motifs is 1. The number of rotatable bonds is 4. The Hall–Kier alpha value is -3.79. The molecule has 0 unspecified atom stereocenters. The van der Waals surface area contributed by atoms with Crippen molar-refractivity contribution in [2.75, 3.05) is 26.2 Å². The van der Waals surface area contributed by atoms with Crippen molar-refractivity contribution in [3.63, 3.8) is 0 Å². The van der Waals surface area contributed by atoms with Gasteiger partial charge in [0.05, 0.1) is 5.69 Å². The van der Waals surface area contributed by atoms with Crippen LogP contribution >= 0.6 is 0 Å². The molecule has 6 nitrogen and oxygen atoms in total. The van der Waals surface area contributed by atoms with Crippen molar-refractivity contribution in [3.05, 3.63) is 89.5 Å². The van der Waals surface area contributed by atoms with Gasteiger partial charge in [0.25, 0.3) is 5.91 Å². The van der Waals surface area contributed by atoms with E-state index in [1.54, 1.807) is 41.3 Å². The lowest BCUT2D eigenvalue weighted by molar-refractivity contribution is -0.142. The van der Waals surface area contributed by atoms with Crippen molar-refractivity contribution in [3.8, 4) is 11.3 Å². The van der Waals surface area contributed by atoms with E-state index in [1.165, 1.54) is 18.2 Å². The zero-order valence-electron chi connectivity index (χ0n) is 18.5. The second kappa shape index (κ2) is 9.10. The fourth-order valence-electron chi connectivity index (χ4n) is 4.20. The van der Waals surface area contributed by atoms with Crippen molar-refractivity contribution < 1.29 is 22.4 Å². The Morgan fingerprint density at radius 3 is 2.34 bits per heavy atom. The number of amides is 1. The molecule has 3 heterocycles. The molecule has 1 aliphatic rings. The molecule has 1 aliphatic heterocycles. The van der Waals surface area contributed by atoms with Crippen LogP contribution in [0.1, 0.15) is 21.7 Å². The summed E-state index contributed by atoms with van der Waals surface area (Å²) in [5, 5.41) is 3.97. The van der Waals surface area contributed by atoms with Crippen LogP contribution in [0.25, 0.3) is 16.9 Å². The Bertz CT molecular complexity index is 1360. The summed E-state index contributed by atoms with van der Waals surface area (Å²) in [7, 11) is 0. The number of aromatic nitrogens is 3. The van der Waals surface area contributed by atoms with E-state index < -0.39 is 17.8 Å². The fourth-order valence-corrected chi connectivity index (χ4v) is 4.20. The SMILES string of the molecule is O=C(c1cc2nc(-c3ccccc3)cc(C(F)(F)F)n2n1)N1CCN(Cc2cccc(F)c2)CC1. The van der Waals surface area contributed by atoms with Gasteiger partial charge in [-0.3, -0.25) is 9.69 Å². The van der Waals surface area contributed by atoms with Crippen molar-refractivity contribution in [1.29, 1.82) is 0 Å². The minimum atomic E-state index is -4.68. The number of alkyl halides is 3. The number of hydrogen-bond acceptors (Lipinski definition) is 4. The zero-order valence-corrected chi connectivity index (χ0v) is 18.5. The lowest BCUT2D eigenvalue weighted by Crippen LogP contribution is -2.48. The molecule has 0 N–H and O–H groups in total. The van der Waals surface area contributed by atoms with Gasteiger partial charge in [-0.2, -0.15) is 18.3 Å². The van der Waals surface area contributed by atoms with Gasteiger partial charge in [-0.05, 0) is 23.8 Å². The van der Waals surface area contributed by atoms with Crippen LogP contribution in [0, 0.1) is 5.82 Å². The number of nitrogens with zero attached hydrogens (tertiary/aromatic N) is 5. The first-order chi connectivity index (χ1) is 16.8. The molecular formula is C25H21F4N5O. The molecule has 0 radical (unpaired) electrons. The predicted octanol–water partition coefficient (Wildman–Crippen LogP) is 4.51. The van der Waals surface area contributed by atoms with Crippen LogP contribution in [-0.2, 0) is 12.7 Å². The summed E-state index contributed by atoms with van der Waals surface area (Å²) < 4.78 is 55.6. The van der Waals surface area contributed by atoms with Gasteiger partial charge < -0.3 is 4.90 Å². The molecule has 5 rings (SSSR count). The van der Waals surface area contributed by atoms with Gasteiger partial charge in [0.15, 0.2) is 17.0 Å². The average molecular weight is 483 g/mol. The van der Waals surface area contributed by atoms with Crippen LogP contribution in [0.3, 0.4) is 0 Å². The Kier molecular flexibility index (Phi) is 5.98. The van der Waals surface area contributed by atoms with Gasteiger partial charge in [0, 0.05) is 44.4 Å². The zero-order chi connectivity index (χ0) is 24.6. The highest BCUT2D eigenvalue weighted by molar-refractivity contribution is 5.93. The first-order valence-electron chi connectivity index (χ1n) is 11.1. The molecule has 0 saturated carbocycles. The minimum absolute atomic E-state index is 0.0493. The van der Waals surface area contributed by atoms with Gasteiger partial charge in [0.1, 0.15) is 5.82 Å². The third kappa shape index (κ3) is 4.88. The van der Waals surface area contributed by atoms with E-state index >= 15 is 0 Å². The van der Waals surface area contributed by atoms with Crippen LogP contribution < -0.4 is 0 Å². The summed E-state index contributed by atoms with van der Waals surface area (Å²) in [5.41, 5.74) is 0.378. The maximum Gasteiger partial charge on any atom is 0.433 e. The number of carbonyl (C=O) groups is 1. The summed E-state index contributed by atoms with van der Waals surface area (Å²) in [6, 6.07) is 17.1. The Morgan fingerprint density at radius 1 is 0.914 bits per heavy atom. The van der Waals surface area contributed by atoms with Crippen LogP contribution in [0.4, 0.5) is 17.6 Å². The van der Waals surface area contributed by atoms with Gasteiger partial charge in [-0.15, -0.1) is 0 Å². The van der Waals surface area contributed by atoms with E-state index in [-0.39, 0.29) is 22.9 Å². The first-order valence-corrected chi connectivity index (χ1v) is 11.1. The first kappa shape index (κ1) is 23.0. The highest BCUT2D eigenvalue weighted by Gasteiger charge is 2.36. The molecule has 1 saturated heterocycles. The lowest BCUT2D eigenvalue weighted by Gasteiger charge is -2.34. The Morgan fingerprint density at radius 2 is 1.66 bits per heavy atom. The van der Waals surface area contributed by atoms with E-state index in [0.717, 1.165) is 11.6 Å². The fraction of sp³-hybridized carbons (Fsp3) is 0.240. The molecule has 35 heavy (non-hydrogen) atoms. The van der Waals surface area contributed by atoms with Crippen LogP contribution in [0.2, 0.25) is 0 Å². The number of piperazine rings is 1. The molecule has 0 atom stereocenters. The number of carbonyl (C=O) groups excluding carboxylic acids is 1. The van der Waals surface area contributed by atoms with Crippen LogP contribution in [0.15, 0.2) is 66.7 Å². The monoisotopic (exact) mass is 483 g/mol. The van der Waals surface area contributed by atoms with Crippen LogP contribution in [0.5, 0.6) is 0 Å². The normalized spacial score (nSPS) is 15.0. The van der Waals surface area contributed by atoms with Crippen molar-refractivity contribution >= 4 is 11.6 Å². The molecule has 0 spiro atoms. The van der Waals surface area contributed by atoms with Crippen molar-refractivity contribution in [1.82, 2.24) is 24.4 Å². The summed E-state index contributed by atoms with van der Waals surface area (Å²) in [5.74, 6) is -0.749. The summed E-state index contributed by atoms with van der Waals surface area (Å²) >= 11 is 0. The third-order valence-corrected chi connectivity index (χ3v) is 5.96. The van der Waals surface area contributed by atoms with E-state index in [2.05, 4.69) is 15.0 Å². The van der Waals surface area contributed by atoms with E-state index in [0.29, 0.717) is 42.8 Å². The third-order valence-electron chi connectivity index (χ3n) is 5.96. The molecule has 2 aromatic heterocycles. The minimum Gasteiger partial charge on any atom is -0.335 e. The van der Waals surface area contributed by atoms with E-state index in [4.69, 9.17) is 0 Å². The standard InChI is InChI=1S/C25H21F4N5O/c26-19-8-4-5-17(13-19)16-32-9-11-33(12-10-32)24(35)21-15-23-30-20(18-6-2-1-3-7-18)14-22(25(27,28)29)34(23)31-21/h1-8,13-15H,9-12,16H2. The van der Waals surface area contributed by atoms with Crippen molar-refractivity contribution in [2.24, 2.45) is 0 Å². The highest BCUT2D eigenvalue weighted by atomic mass is 19.4. The van der Waals surface area contributed by atoms with Crippen LogP contribution in [-0.4, -0.2) is 56.5 Å². The molecule has 10 heteroatoms. The van der Waals surface area contributed by atoms with Gasteiger partial charge in [0.2, 0.25) is 0 Å². The number of halogens is 4. The highest BCUT2D eigenvalue weighted by Crippen LogP contribution is 2.32. The second-order valence-electron chi connectivity index (χ2n) is 8.39. The average Bonchev–Trinajstić information content (AvgIpc) is 3.27. The molecule has 4 aromatic rings. The molecule has 2 aromatic carbocycles.